The van der Waals surface area contributed by atoms with Gasteiger partial charge in [0.25, 0.3) is 0 Å². The zero-order valence-electron chi connectivity index (χ0n) is 14.8. The third-order valence-electron chi connectivity index (χ3n) is 4.25. The number of hydrogen-bond donors (Lipinski definition) is 1. The lowest BCUT2D eigenvalue weighted by Gasteiger charge is -2.17. The van der Waals surface area contributed by atoms with Gasteiger partial charge in [0.2, 0.25) is 11.8 Å². The van der Waals surface area contributed by atoms with Crippen molar-refractivity contribution in [3.8, 4) is 11.5 Å². The highest BCUT2D eigenvalue weighted by atomic mass is 16.5. The van der Waals surface area contributed by atoms with Crippen molar-refractivity contribution in [2.75, 3.05) is 32.1 Å². The number of nitrogens with one attached hydrogen (secondary N) is 1. The molecule has 138 valence electrons. The zero-order valence-corrected chi connectivity index (χ0v) is 14.8. The number of ether oxygens (including phenoxy) is 2. The Balaban J connectivity index is 1.49. The Hall–Kier alpha value is -3.03. The molecule has 0 bridgehead atoms. The Morgan fingerprint density at radius 3 is 2.81 bits per heavy atom. The summed E-state index contributed by atoms with van der Waals surface area (Å²) in [5, 5.41) is 6.80. The fourth-order valence-corrected chi connectivity index (χ4v) is 2.90. The summed E-state index contributed by atoms with van der Waals surface area (Å²) in [5.41, 5.74) is 0.628. The van der Waals surface area contributed by atoms with Gasteiger partial charge in [0, 0.05) is 26.2 Å². The van der Waals surface area contributed by atoms with Crippen molar-refractivity contribution in [1.82, 2.24) is 14.7 Å². The van der Waals surface area contributed by atoms with Crippen molar-refractivity contribution in [2.24, 2.45) is 13.0 Å². The molecule has 1 fully saturated rings. The molecule has 8 heteroatoms. The molecule has 1 aromatic heterocycles. The molecule has 2 aromatic rings. The van der Waals surface area contributed by atoms with E-state index in [4.69, 9.17) is 9.47 Å². The van der Waals surface area contributed by atoms with Gasteiger partial charge in [0.15, 0.2) is 11.5 Å². The van der Waals surface area contributed by atoms with Crippen molar-refractivity contribution >= 4 is 17.5 Å². The Morgan fingerprint density at radius 2 is 2.12 bits per heavy atom. The van der Waals surface area contributed by atoms with Crippen LogP contribution in [0.25, 0.3) is 0 Å². The molecule has 3 rings (SSSR count). The van der Waals surface area contributed by atoms with Crippen LogP contribution in [0.5, 0.6) is 11.5 Å². The van der Waals surface area contributed by atoms with E-state index in [0.717, 1.165) is 0 Å². The van der Waals surface area contributed by atoms with Gasteiger partial charge >= 0.3 is 0 Å². The predicted octanol–water partition coefficient (Wildman–Crippen LogP) is 1.29. The second-order valence-corrected chi connectivity index (χ2v) is 6.13. The first-order chi connectivity index (χ1) is 12.6. The maximum absolute atomic E-state index is 12.3. The summed E-state index contributed by atoms with van der Waals surface area (Å²) >= 11 is 0. The number of hydrogen-bond acceptors (Lipinski definition) is 5. The van der Waals surface area contributed by atoms with E-state index in [9.17, 15) is 9.59 Å². The van der Waals surface area contributed by atoms with Gasteiger partial charge in [-0.2, -0.15) is 5.10 Å². The number of para-hydroxylation sites is 2. The molecule has 26 heavy (non-hydrogen) atoms. The molecule has 0 saturated carbocycles. The first-order valence-corrected chi connectivity index (χ1v) is 8.40. The van der Waals surface area contributed by atoms with Gasteiger partial charge in [-0.1, -0.05) is 12.1 Å². The number of carbonyl (C=O) groups is 2. The van der Waals surface area contributed by atoms with Gasteiger partial charge in [-0.25, -0.2) is 0 Å². The first kappa shape index (κ1) is 17.8. The highest BCUT2D eigenvalue weighted by molar-refractivity contribution is 5.97. The number of rotatable bonds is 7. The molecule has 1 aliphatic rings. The monoisotopic (exact) mass is 358 g/mol. The van der Waals surface area contributed by atoms with Crippen LogP contribution >= 0.6 is 0 Å². The quantitative estimate of drug-likeness (QED) is 0.806. The van der Waals surface area contributed by atoms with E-state index in [-0.39, 0.29) is 24.2 Å². The number of amides is 2. The summed E-state index contributed by atoms with van der Waals surface area (Å²) < 4.78 is 12.5. The maximum Gasteiger partial charge on any atom is 0.229 e. The zero-order chi connectivity index (χ0) is 18.5. The molecule has 1 atom stereocenters. The van der Waals surface area contributed by atoms with Crippen LogP contribution in [0.3, 0.4) is 0 Å². The average molecular weight is 358 g/mol. The molecule has 8 nitrogen and oxygen atoms in total. The minimum absolute atomic E-state index is 0.0417. The van der Waals surface area contributed by atoms with Gasteiger partial charge < -0.3 is 19.7 Å². The number of anilines is 1. The maximum atomic E-state index is 12.3. The Morgan fingerprint density at radius 1 is 1.35 bits per heavy atom. The van der Waals surface area contributed by atoms with E-state index in [1.165, 1.54) is 0 Å². The van der Waals surface area contributed by atoms with Crippen LogP contribution in [0.4, 0.5) is 5.69 Å². The summed E-state index contributed by atoms with van der Waals surface area (Å²) in [7, 11) is 3.36. The van der Waals surface area contributed by atoms with Gasteiger partial charge in [0.1, 0.15) is 6.61 Å². The van der Waals surface area contributed by atoms with Gasteiger partial charge in [-0.3, -0.25) is 14.3 Å². The molecular weight excluding hydrogens is 336 g/mol. The lowest BCUT2D eigenvalue weighted by molar-refractivity contribution is -0.128. The first-order valence-electron chi connectivity index (χ1n) is 8.40. The Kier molecular flexibility index (Phi) is 5.40. The lowest BCUT2D eigenvalue weighted by atomic mass is 10.1. The standard InChI is InChI=1S/C18H22N4O4/c1-21-12-14(10-19-21)20-18(24)13-9-17(23)22(11-13)7-8-26-16-6-4-3-5-15(16)25-2/h3-6,10,12-13H,7-9,11H2,1-2H3,(H,20,24). The highest BCUT2D eigenvalue weighted by Gasteiger charge is 2.34. The fourth-order valence-electron chi connectivity index (χ4n) is 2.90. The van der Waals surface area contributed by atoms with Crippen LogP contribution in [-0.4, -0.2) is 53.3 Å². The van der Waals surface area contributed by atoms with Crippen molar-refractivity contribution in [3.63, 3.8) is 0 Å². The van der Waals surface area contributed by atoms with Crippen LogP contribution in [-0.2, 0) is 16.6 Å². The molecule has 2 heterocycles. The molecule has 0 aliphatic carbocycles. The number of aryl methyl sites for hydroxylation is 1. The van der Waals surface area contributed by atoms with Gasteiger partial charge in [-0.05, 0) is 12.1 Å². The van der Waals surface area contributed by atoms with Crippen LogP contribution in [0.2, 0.25) is 0 Å². The summed E-state index contributed by atoms with van der Waals surface area (Å²) in [6.45, 7) is 1.15. The number of likely N-dealkylation sites (tertiary alicyclic amines) is 1. The van der Waals surface area contributed by atoms with E-state index >= 15 is 0 Å². The molecule has 1 aromatic carbocycles. The highest BCUT2D eigenvalue weighted by Crippen LogP contribution is 2.26. The van der Waals surface area contributed by atoms with Crippen molar-refractivity contribution in [2.45, 2.75) is 6.42 Å². The van der Waals surface area contributed by atoms with Crippen molar-refractivity contribution in [3.05, 3.63) is 36.7 Å². The normalized spacial score (nSPS) is 16.6. The summed E-state index contributed by atoms with van der Waals surface area (Å²) in [5.74, 6) is 0.704. The minimum Gasteiger partial charge on any atom is -0.493 e. The fraction of sp³-hybridized carbons (Fsp3) is 0.389. The van der Waals surface area contributed by atoms with E-state index in [0.29, 0.717) is 36.9 Å². The third-order valence-corrected chi connectivity index (χ3v) is 4.25. The Labute approximate surface area is 151 Å². The molecule has 0 radical (unpaired) electrons. The number of aromatic nitrogens is 2. The number of methoxy groups -OCH3 is 1. The van der Waals surface area contributed by atoms with Crippen LogP contribution in [0.1, 0.15) is 6.42 Å². The van der Waals surface area contributed by atoms with E-state index in [1.807, 2.05) is 24.3 Å². The second-order valence-electron chi connectivity index (χ2n) is 6.13. The lowest BCUT2D eigenvalue weighted by Crippen LogP contribution is -2.31. The summed E-state index contributed by atoms with van der Waals surface area (Å²) in [4.78, 5) is 26.1. The van der Waals surface area contributed by atoms with E-state index in [1.54, 1.807) is 36.1 Å². The van der Waals surface area contributed by atoms with E-state index in [2.05, 4.69) is 10.4 Å². The largest absolute Gasteiger partial charge is 0.493 e. The molecule has 1 aliphatic heterocycles. The van der Waals surface area contributed by atoms with Gasteiger partial charge in [0.05, 0.1) is 31.5 Å². The smallest absolute Gasteiger partial charge is 0.229 e. The molecule has 1 unspecified atom stereocenters. The van der Waals surface area contributed by atoms with Crippen molar-refractivity contribution < 1.29 is 19.1 Å². The molecule has 1 saturated heterocycles. The molecule has 0 spiro atoms. The second kappa shape index (κ2) is 7.90. The predicted molar refractivity (Wildman–Crippen MR) is 95.0 cm³/mol. The topological polar surface area (TPSA) is 85.7 Å². The molecule has 1 N–H and O–H groups in total. The van der Waals surface area contributed by atoms with Crippen LogP contribution in [0.15, 0.2) is 36.7 Å². The van der Waals surface area contributed by atoms with E-state index < -0.39 is 0 Å². The number of carbonyl (C=O) groups excluding carboxylic acids is 2. The summed E-state index contributed by atoms with van der Waals surface area (Å²) in [6.07, 6.45) is 3.50. The minimum atomic E-state index is -0.367. The van der Waals surface area contributed by atoms with Crippen molar-refractivity contribution in [1.29, 1.82) is 0 Å². The van der Waals surface area contributed by atoms with Crippen LogP contribution < -0.4 is 14.8 Å². The average Bonchev–Trinajstić information content (AvgIpc) is 3.21. The van der Waals surface area contributed by atoms with Gasteiger partial charge in [-0.15, -0.1) is 0 Å². The van der Waals surface area contributed by atoms with Crippen LogP contribution in [0, 0.1) is 5.92 Å². The third kappa shape index (κ3) is 4.14. The Bertz CT molecular complexity index is 789. The number of benzene rings is 1. The number of nitrogens with zero attached hydrogens (tertiary/aromatic N) is 3. The molecule has 2 amide bonds. The molecular formula is C18H22N4O4. The SMILES string of the molecule is COc1ccccc1OCCN1CC(C(=O)Nc2cnn(C)c2)CC1=O. The summed E-state index contributed by atoms with van der Waals surface area (Å²) in [6, 6.07) is 7.35.